The summed E-state index contributed by atoms with van der Waals surface area (Å²) >= 11 is 0. The molecule has 0 radical (unpaired) electrons. The van der Waals surface area contributed by atoms with Gasteiger partial charge in [-0.15, -0.1) is 0 Å². The molecule has 2 bridgehead atoms. The number of fused-ring (bicyclic) bond motifs is 2. The van der Waals surface area contributed by atoms with Crippen molar-refractivity contribution in [1.82, 2.24) is 0 Å². The van der Waals surface area contributed by atoms with Gasteiger partial charge in [0.1, 0.15) is 6.79 Å². The summed E-state index contributed by atoms with van der Waals surface area (Å²) < 4.78 is 65.2. The fourth-order valence-electron chi connectivity index (χ4n) is 4.12. The zero-order chi connectivity index (χ0) is 15.3. The Hall–Kier alpha value is -0.360. The third kappa shape index (κ3) is 1.98. The fraction of sp³-hybridized carbons (Fsp3) is 1.00. The molecule has 6 atom stereocenters. The highest BCUT2D eigenvalue weighted by Crippen LogP contribution is 2.64. The molecule has 0 amide bonds. The van der Waals surface area contributed by atoms with Gasteiger partial charge in [-0.25, -0.2) is 4.39 Å². The van der Waals surface area contributed by atoms with Gasteiger partial charge in [0.25, 0.3) is 0 Å². The predicted octanol–water partition coefficient (Wildman–Crippen LogP) is 3.95. The van der Waals surface area contributed by atoms with Gasteiger partial charge in [0.2, 0.25) is 0 Å². The van der Waals surface area contributed by atoms with Crippen LogP contribution in [-0.2, 0) is 9.47 Å². The average molecular weight is 298 g/mol. The van der Waals surface area contributed by atoms with Gasteiger partial charge in [-0.1, -0.05) is 13.8 Å². The van der Waals surface area contributed by atoms with Crippen molar-refractivity contribution in [2.24, 2.45) is 23.7 Å². The van der Waals surface area contributed by atoms with E-state index in [0.29, 0.717) is 6.42 Å². The second-order valence-electron chi connectivity index (χ2n) is 6.47. The first-order valence-corrected chi connectivity index (χ1v) is 6.97. The lowest BCUT2D eigenvalue weighted by molar-refractivity contribution is -0.339. The smallest absolute Gasteiger partial charge is 0.359 e. The Bertz CT molecular complexity index is 371. The van der Waals surface area contributed by atoms with Crippen molar-refractivity contribution in [2.45, 2.75) is 51.1 Å². The van der Waals surface area contributed by atoms with Crippen LogP contribution in [-0.4, -0.2) is 31.3 Å². The van der Waals surface area contributed by atoms with Crippen LogP contribution in [0.25, 0.3) is 0 Å². The van der Waals surface area contributed by atoms with E-state index in [4.69, 9.17) is 4.74 Å². The summed E-state index contributed by atoms with van der Waals surface area (Å²) in [5, 5.41) is 0. The van der Waals surface area contributed by atoms with E-state index in [1.165, 1.54) is 7.11 Å². The van der Waals surface area contributed by atoms with Crippen molar-refractivity contribution < 1.29 is 27.0 Å². The van der Waals surface area contributed by atoms with Crippen LogP contribution < -0.4 is 0 Å². The maximum atomic E-state index is 15.4. The van der Waals surface area contributed by atoms with E-state index < -0.39 is 30.2 Å². The molecule has 2 nitrogen and oxygen atoms in total. The third-order valence-corrected chi connectivity index (χ3v) is 5.71. The second kappa shape index (κ2) is 4.83. The first-order valence-electron chi connectivity index (χ1n) is 6.97. The largest absolute Gasteiger partial charge is 0.420 e. The maximum Gasteiger partial charge on any atom is 0.420 e. The molecular formula is C14H22F4O2. The standard InChI is InChI=1S/C14H22F4O2/c1-8-9(2)11-5-10(8)6-13(11,15)12(3,14(16,17)18)20-7-19-4/h8-11H,5-7H2,1-4H3. The van der Waals surface area contributed by atoms with Crippen LogP contribution in [0.3, 0.4) is 0 Å². The van der Waals surface area contributed by atoms with Gasteiger partial charge in [-0.05, 0) is 43.4 Å². The van der Waals surface area contributed by atoms with Crippen molar-refractivity contribution in [2.75, 3.05) is 13.9 Å². The minimum Gasteiger partial charge on any atom is -0.359 e. The van der Waals surface area contributed by atoms with Gasteiger partial charge >= 0.3 is 6.18 Å². The van der Waals surface area contributed by atoms with Crippen molar-refractivity contribution >= 4 is 0 Å². The molecule has 0 N–H and O–H groups in total. The monoisotopic (exact) mass is 298 g/mol. The number of alkyl halides is 4. The van der Waals surface area contributed by atoms with E-state index in [1.807, 2.05) is 13.8 Å². The molecule has 0 aliphatic heterocycles. The van der Waals surface area contributed by atoms with Gasteiger partial charge in [-0.2, -0.15) is 13.2 Å². The molecule has 2 aliphatic rings. The maximum absolute atomic E-state index is 15.4. The molecule has 118 valence electrons. The van der Waals surface area contributed by atoms with Crippen molar-refractivity contribution in [1.29, 1.82) is 0 Å². The van der Waals surface area contributed by atoms with Gasteiger partial charge in [0.05, 0.1) is 0 Å². The van der Waals surface area contributed by atoms with E-state index in [0.717, 1.165) is 6.92 Å². The van der Waals surface area contributed by atoms with E-state index in [-0.39, 0.29) is 24.2 Å². The molecular weight excluding hydrogens is 276 g/mol. The summed E-state index contributed by atoms with van der Waals surface area (Å²) in [6.45, 7) is 4.10. The van der Waals surface area contributed by atoms with E-state index >= 15 is 4.39 Å². The molecule has 0 aromatic heterocycles. The molecule has 0 spiro atoms. The van der Waals surface area contributed by atoms with Gasteiger partial charge in [0, 0.05) is 7.11 Å². The Balaban J connectivity index is 2.35. The summed E-state index contributed by atoms with van der Waals surface area (Å²) in [5.74, 6) is -0.394. The highest BCUT2D eigenvalue weighted by atomic mass is 19.4. The number of hydrogen-bond acceptors (Lipinski definition) is 2. The van der Waals surface area contributed by atoms with Crippen molar-refractivity contribution in [3.8, 4) is 0 Å². The van der Waals surface area contributed by atoms with Crippen LogP contribution in [0.2, 0.25) is 0 Å². The van der Waals surface area contributed by atoms with Crippen molar-refractivity contribution in [3.63, 3.8) is 0 Å². The zero-order valence-corrected chi connectivity index (χ0v) is 12.3. The molecule has 2 fully saturated rings. The van der Waals surface area contributed by atoms with Crippen LogP contribution in [0.5, 0.6) is 0 Å². The lowest BCUT2D eigenvalue weighted by Crippen LogP contribution is -2.64. The topological polar surface area (TPSA) is 18.5 Å². The Kier molecular flexibility index (Phi) is 3.87. The third-order valence-electron chi connectivity index (χ3n) is 5.71. The van der Waals surface area contributed by atoms with Crippen molar-refractivity contribution in [3.05, 3.63) is 0 Å². The highest BCUT2D eigenvalue weighted by molar-refractivity contribution is 5.16. The van der Waals surface area contributed by atoms with Crippen LogP contribution in [0.15, 0.2) is 0 Å². The fourth-order valence-corrected chi connectivity index (χ4v) is 4.12. The number of halogens is 4. The Morgan fingerprint density at radius 2 is 1.80 bits per heavy atom. The van der Waals surface area contributed by atoms with Crippen LogP contribution in [0.4, 0.5) is 17.6 Å². The predicted molar refractivity (Wildman–Crippen MR) is 65.8 cm³/mol. The normalized spacial score (nSPS) is 43.8. The number of hydrogen-bond donors (Lipinski definition) is 0. The number of methoxy groups -OCH3 is 1. The molecule has 2 saturated carbocycles. The summed E-state index contributed by atoms with van der Waals surface area (Å²) in [6.07, 6.45) is -4.34. The number of rotatable bonds is 4. The summed E-state index contributed by atoms with van der Waals surface area (Å²) in [6, 6.07) is 0. The Labute approximate surface area is 116 Å². The van der Waals surface area contributed by atoms with E-state index in [2.05, 4.69) is 4.74 Å². The first kappa shape index (κ1) is 16.0. The molecule has 0 heterocycles. The Morgan fingerprint density at radius 3 is 2.20 bits per heavy atom. The van der Waals surface area contributed by atoms with Crippen LogP contribution in [0, 0.1) is 23.7 Å². The molecule has 0 aromatic carbocycles. The zero-order valence-electron chi connectivity index (χ0n) is 12.3. The average Bonchev–Trinajstić information content (AvgIpc) is 2.83. The van der Waals surface area contributed by atoms with E-state index in [9.17, 15) is 13.2 Å². The van der Waals surface area contributed by atoms with Gasteiger partial charge in [0.15, 0.2) is 11.3 Å². The number of ether oxygens (including phenoxy) is 2. The molecule has 6 unspecified atom stereocenters. The second-order valence-corrected chi connectivity index (χ2v) is 6.47. The summed E-state index contributed by atoms with van der Waals surface area (Å²) in [7, 11) is 1.23. The Morgan fingerprint density at radius 1 is 1.20 bits per heavy atom. The van der Waals surface area contributed by atoms with Crippen LogP contribution in [0.1, 0.15) is 33.6 Å². The lowest BCUT2D eigenvalue weighted by Gasteiger charge is -2.48. The summed E-state index contributed by atoms with van der Waals surface area (Å²) in [4.78, 5) is 0. The molecule has 0 saturated heterocycles. The SMILES string of the molecule is COCOC(C)(C(F)(F)F)C1(F)CC2CC1C(C)C2C. The first-order chi connectivity index (χ1) is 9.08. The van der Waals surface area contributed by atoms with Crippen LogP contribution >= 0.6 is 0 Å². The minimum atomic E-state index is -4.77. The molecule has 2 rings (SSSR count). The van der Waals surface area contributed by atoms with Gasteiger partial charge in [-0.3, -0.25) is 0 Å². The molecule has 6 heteroatoms. The molecule has 0 aromatic rings. The van der Waals surface area contributed by atoms with Gasteiger partial charge < -0.3 is 9.47 Å². The minimum absolute atomic E-state index is 0.00724. The molecule has 2 aliphatic carbocycles. The van der Waals surface area contributed by atoms with E-state index in [1.54, 1.807) is 0 Å². The molecule has 20 heavy (non-hydrogen) atoms. The quantitative estimate of drug-likeness (QED) is 0.578. The lowest BCUT2D eigenvalue weighted by atomic mass is 9.67. The highest BCUT2D eigenvalue weighted by Gasteiger charge is 2.74. The summed E-state index contributed by atoms with van der Waals surface area (Å²) in [5.41, 5.74) is -5.19.